The standard InChI is InChI=1S/2C24H28N4O5/c2*1-15-17(3-4-18-19(15)14-33-24(18)31)21(29)12-27-5-7-28(8-6-27)13-22(30)20-9-23(32-2)16(10-25)11-26-20/h2*3-4,9,11,21-22,29-30H,5-8,12-14H2,1-2H3/t21-,22+;21-,22-/m00/s1. The van der Waals surface area contributed by atoms with Crippen LogP contribution in [-0.2, 0) is 22.7 Å². The molecule has 4 N–H and O–H groups in total. The summed E-state index contributed by atoms with van der Waals surface area (Å²) in [5, 5.41) is 61.1. The lowest BCUT2D eigenvalue weighted by Gasteiger charge is -2.36. The van der Waals surface area contributed by atoms with E-state index in [1.54, 1.807) is 24.3 Å². The smallest absolute Gasteiger partial charge is 0.338 e. The zero-order chi connectivity index (χ0) is 47.1. The van der Waals surface area contributed by atoms with Gasteiger partial charge in [0.2, 0.25) is 0 Å². The third-order valence-electron chi connectivity index (χ3n) is 12.9. The summed E-state index contributed by atoms with van der Waals surface area (Å²) in [5.74, 6) is 0.195. The van der Waals surface area contributed by atoms with Crippen molar-refractivity contribution in [2.45, 2.75) is 51.5 Å². The lowest BCUT2D eigenvalue weighted by molar-refractivity contribution is 0.0470. The van der Waals surface area contributed by atoms with E-state index in [9.17, 15) is 30.0 Å². The number of hydrogen-bond donors (Lipinski definition) is 4. The zero-order valence-electron chi connectivity index (χ0n) is 37.6. The van der Waals surface area contributed by atoms with Crippen LogP contribution in [0.4, 0.5) is 0 Å². The number of cyclic esters (lactones) is 2. The van der Waals surface area contributed by atoms with Crippen molar-refractivity contribution in [1.29, 1.82) is 10.5 Å². The summed E-state index contributed by atoms with van der Waals surface area (Å²) in [6, 6.07) is 14.4. The molecule has 2 aromatic carbocycles. The van der Waals surface area contributed by atoms with Gasteiger partial charge in [-0.15, -0.1) is 0 Å². The molecular formula is C48H56N8O10. The molecule has 348 valence electrons. The Labute approximate surface area is 383 Å². The fourth-order valence-electron chi connectivity index (χ4n) is 8.90. The molecule has 4 atom stereocenters. The average Bonchev–Trinajstić information content (AvgIpc) is 3.92. The molecule has 2 saturated heterocycles. The van der Waals surface area contributed by atoms with Crippen molar-refractivity contribution < 1.29 is 49.0 Å². The van der Waals surface area contributed by atoms with Crippen LogP contribution in [0, 0.1) is 36.5 Å². The number of piperazine rings is 2. The molecule has 0 saturated carbocycles. The van der Waals surface area contributed by atoms with Crippen LogP contribution < -0.4 is 9.47 Å². The van der Waals surface area contributed by atoms with Gasteiger partial charge in [-0.3, -0.25) is 29.6 Å². The molecule has 2 aromatic heterocycles. The summed E-state index contributed by atoms with van der Waals surface area (Å²) in [6.07, 6.45) is -0.0539. The number of methoxy groups -OCH3 is 2. The lowest BCUT2D eigenvalue weighted by Crippen LogP contribution is -2.48. The number of rotatable bonds is 14. The number of hydrogen-bond acceptors (Lipinski definition) is 18. The Balaban J connectivity index is 0.000000196. The first-order chi connectivity index (χ1) is 31.8. The number of nitriles is 2. The van der Waals surface area contributed by atoms with Crippen molar-refractivity contribution in [3.05, 3.63) is 116 Å². The molecule has 0 radical (unpaired) electrons. The maximum absolute atomic E-state index is 11.7. The Bertz CT molecular complexity index is 2320. The van der Waals surface area contributed by atoms with Crippen LogP contribution in [0.25, 0.3) is 0 Å². The second-order valence-electron chi connectivity index (χ2n) is 16.9. The number of pyridine rings is 2. The number of aliphatic hydroxyl groups is 4. The number of aliphatic hydroxyl groups excluding tert-OH is 4. The SMILES string of the molecule is COc1cc([C@@H](O)CN2CCN(C[C@H](O)c3ccc4c(c3C)COC4=O)CC2)ncc1C#N.COc1cc([C@H](O)CN2CCN(C[C@H](O)c3ccc4c(c3C)COC4=O)CC2)ncc1C#N. The van der Waals surface area contributed by atoms with Crippen LogP contribution >= 0.6 is 0 Å². The monoisotopic (exact) mass is 904 g/mol. The number of fused-ring (bicyclic) bond motifs is 2. The van der Waals surface area contributed by atoms with E-state index in [0.29, 0.717) is 71.3 Å². The van der Waals surface area contributed by atoms with E-state index < -0.39 is 24.4 Å². The van der Waals surface area contributed by atoms with E-state index in [4.69, 9.17) is 29.5 Å². The summed E-state index contributed by atoms with van der Waals surface area (Å²) in [6.45, 7) is 12.3. The van der Waals surface area contributed by atoms with Gasteiger partial charge in [-0.1, -0.05) is 12.1 Å². The fraction of sp³-hybridized carbons (Fsp3) is 0.458. The number of carbonyl (C=O) groups is 2. The second-order valence-corrected chi connectivity index (χ2v) is 16.9. The molecule has 18 heteroatoms. The van der Waals surface area contributed by atoms with E-state index >= 15 is 0 Å². The maximum Gasteiger partial charge on any atom is 0.338 e. The first-order valence-corrected chi connectivity index (χ1v) is 21.9. The average molecular weight is 905 g/mol. The molecule has 0 unspecified atom stereocenters. The molecule has 4 aliphatic heterocycles. The van der Waals surface area contributed by atoms with Crippen LogP contribution in [-0.4, -0.2) is 155 Å². The van der Waals surface area contributed by atoms with Gasteiger partial charge in [0.1, 0.15) is 60.2 Å². The van der Waals surface area contributed by atoms with E-state index in [1.807, 2.05) is 38.1 Å². The van der Waals surface area contributed by atoms with Crippen molar-refractivity contribution in [1.82, 2.24) is 29.6 Å². The van der Waals surface area contributed by atoms with Gasteiger partial charge >= 0.3 is 11.9 Å². The molecule has 66 heavy (non-hydrogen) atoms. The quantitative estimate of drug-likeness (QED) is 0.133. The van der Waals surface area contributed by atoms with Crippen molar-refractivity contribution in [2.75, 3.05) is 92.8 Å². The normalized spacial score (nSPS) is 18.3. The van der Waals surface area contributed by atoms with Gasteiger partial charge in [-0.2, -0.15) is 10.5 Å². The molecule has 0 aliphatic carbocycles. The third kappa shape index (κ3) is 10.8. The highest BCUT2D eigenvalue weighted by Crippen LogP contribution is 2.32. The molecule has 6 heterocycles. The van der Waals surface area contributed by atoms with Gasteiger partial charge in [0, 0.05) is 114 Å². The molecule has 0 spiro atoms. The van der Waals surface area contributed by atoms with Gasteiger partial charge in [-0.25, -0.2) is 9.59 Å². The Morgan fingerprint density at radius 1 is 0.591 bits per heavy atom. The molecule has 4 aromatic rings. The predicted molar refractivity (Wildman–Crippen MR) is 237 cm³/mol. The highest BCUT2D eigenvalue weighted by molar-refractivity contribution is 5.94. The van der Waals surface area contributed by atoms with E-state index in [2.05, 4.69) is 29.6 Å². The minimum atomic E-state index is -0.789. The van der Waals surface area contributed by atoms with Crippen LogP contribution in [0.3, 0.4) is 0 Å². The highest BCUT2D eigenvalue weighted by Gasteiger charge is 2.30. The van der Waals surface area contributed by atoms with Gasteiger partial charge in [0.15, 0.2) is 0 Å². The second kappa shape index (κ2) is 21.5. The summed E-state index contributed by atoms with van der Waals surface area (Å²) >= 11 is 0. The van der Waals surface area contributed by atoms with Crippen LogP contribution in [0.15, 0.2) is 48.8 Å². The van der Waals surface area contributed by atoms with E-state index in [1.165, 1.54) is 26.6 Å². The first kappa shape index (κ1) is 47.9. The molecule has 0 bridgehead atoms. The van der Waals surface area contributed by atoms with Crippen molar-refractivity contribution in [3.8, 4) is 23.6 Å². The maximum atomic E-state index is 11.7. The minimum Gasteiger partial charge on any atom is -0.495 e. The van der Waals surface area contributed by atoms with Crippen molar-refractivity contribution >= 4 is 11.9 Å². The molecule has 8 rings (SSSR count). The first-order valence-electron chi connectivity index (χ1n) is 21.9. The van der Waals surface area contributed by atoms with Gasteiger partial charge in [-0.05, 0) is 48.2 Å². The third-order valence-corrected chi connectivity index (χ3v) is 12.9. The van der Waals surface area contributed by atoms with Crippen LogP contribution in [0.1, 0.15) is 101 Å². The number of carbonyl (C=O) groups excluding carboxylic acids is 2. The molecular weight excluding hydrogens is 849 g/mol. The summed E-state index contributed by atoms with van der Waals surface area (Å²) in [7, 11) is 2.97. The molecule has 4 aliphatic rings. The Morgan fingerprint density at radius 3 is 1.24 bits per heavy atom. The van der Waals surface area contributed by atoms with Crippen LogP contribution in [0.5, 0.6) is 11.5 Å². The van der Waals surface area contributed by atoms with Gasteiger partial charge in [0.25, 0.3) is 0 Å². The summed E-state index contributed by atoms with van der Waals surface area (Å²) < 4.78 is 20.6. The minimum absolute atomic E-state index is 0.265. The highest BCUT2D eigenvalue weighted by atomic mass is 16.5. The summed E-state index contributed by atoms with van der Waals surface area (Å²) in [5.41, 5.74) is 7.99. The lowest BCUT2D eigenvalue weighted by atomic mass is 9.95. The van der Waals surface area contributed by atoms with Gasteiger partial charge < -0.3 is 39.4 Å². The van der Waals surface area contributed by atoms with Gasteiger partial charge in [0.05, 0.1) is 48.9 Å². The topological polar surface area (TPSA) is 238 Å². The zero-order valence-corrected chi connectivity index (χ0v) is 37.6. The van der Waals surface area contributed by atoms with E-state index in [0.717, 1.165) is 85.7 Å². The molecule has 2 fully saturated rings. The largest absolute Gasteiger partial charge is 0.495 e. The number of ether oxygens (including phenoxy) is 4. The molecule has 18 nitrogen and oxygen atoms in total. The Kier molecular flexibility index (Phi) is 15.6. The number of benzene rings is 2. The molecule has 0 amide bonds. The van der Waals surface area contributed by atoms with Crippen molar-refractivity contribution in [2.24, 2.45) is 0 Å². The fourth-order valence-corrected chi connectivity index (χ4v) is 8.90. The van der Waals surface area contributed by atoms with Crippen molar-refractivity contribution in [3.63, 3.8) is 0 Å². The number of β-amino-alcohol motifs (C(OH)–C–C–N with tert-alkyl or cyclic N) is 4. The number of nitrogens with zero attached hydrogens (tertiary/aromatic N) is 8. The summed E-state index contributed by atoms with van der Waals surface area (Å²) in [4.78, 5) is 40.6. The van der Waals surface area contributed by atoms with E-state index in [-0.39, 0.29) is 25.2 Å². The van der Waals surface area contributed by atoms with Crippen LogP contribution in [0.2, 0.25) is 0 Å². The number of esters is 2. The number of aromatic nitrogens is 2. The predicted octanol–water partition coefficient (Wildman–Crippen LogP) is 2.65. The Hall–Kier alpha value is -6.06. The Morgan fingerprint density at radius 2 is 0.924 bits per heavy atom.